The predicted molar refractivity (Wildman–Crippen MR) is 113 cm³/mol. The molecule has 3 N–H and O–H groups in total. The fourth-order valence-electron chi connectivity index (χ4n) is 3.50. The van der Waals surface area contributed by atoms with Crippen LogP contribution in [0.3, 0.4) is 0 Å². The Hall–Kier alpha value is -2.32. The van der Waals surface area contributed by atoms with E-state index in [4.69, 9.17) is 13.7 Å². The van der Waals surface area contributed by atoms with Crippen molar-refractivity contribution >= 4 is 33.6 Å². The second kappa shape index (κ2) is 8.90. The molecule has 1 aromatic heterocycles. The van der Waals surface area contributed by atoms with E-state index in [1.807, 2.05) is 0 Å². The smallest absolute Gasteiger partial charge is 0.264 e. The molecule has 0 radical (unpaired) electrons. The number of rotatable bonds is 8. The Balaban J connectivity index is 1.82. The molecule has 178 valence electrons. The highest BCUT2D eigenvalue weighted by atomic mass is 32.2. The molecule has 2 atom stereocenters. The van der Waals surface area contributed by atoms with Crippen LogP contribution in [-0.2, 0) is 28.6 Å². The van der Waals surface area contributed by atoms with Gasteiger partial charge in [-0.3, -0.25) is 24.0 Å². The van der Waals surface area contributed by atoms with Crippen molar-refractivity contribution in [3.8, 4) is 5.75 Å². The van der Waals surface area contributed by atoms with E-state index >= 15 is 0 Å². The van der Waals surface area contributed by atoms with Crippen LogP contribution in [0.4, 0.5) is 11.6 Å². The molecular formula is C19H28N4O8S. The lowest BCUT2D eigenvalue weighted by Crippen LogP contribution is -2.55. The molecule has 32 heavy (non-hydrogen) atoms. The minimum atomic E-state index is -3.68. The van der Waals surface area contributed by atoms with Crippen LogP contribution in [0, 0.1) is 0 Å². The third-order valence-corrected chi connectivity index (χ3v) is 5.36. The highest BCUT2D eigenvalue weighted by Gasteiger charge is 2.46. The lowest BCUT2D eigenvalue weighted by molar-refractivity contribution is -0.191. The molecule has 3 rings (SSSR count). The summed E-state index contributed by atoms with van der Waals surface area (Å²) in [5.74, 6) is 0.202. The highest BCUT2D eigenvalue weighted by molar-refractivity contribution is 7.85. The summed E-state index contributed by atoms with van der Waals surface area (Å²) in [6.07, 6.45) is -0.445. The minimum absolute atomic E-state index is 0.0596. The van der Waals surface area contributed by atoms with Crippen LogP contribution < -0.4 is 20.3 Å². The number of amides is 2. The quantitative estimate of drug-likeness (QED) is 0.346. The number of nitrogens with zero attached hydrogens (tertiary/aromatic N) is 2. The molecule has 0 bridgehead atoms. The molecule has 13 heteroatoms. The molecule has 1 aromatic rings. The van der Waals surface area contributed by atoms with Crippen LogP contribution >= 0.6 is 0 Å². The van der Waals surface area contributed by atoms with Crippen LogP contribution in [-0.4, -0.2) is 73.9 Å². The first-order valence-corrected chi connectivity index (χ1v) is 11.8. The zero-order chi connectivity index (χ0) is 23.7. The average molecular weight is 473 g/mol. The molecule has 3 heterocycles. The topological polar surface area (TPSA) is 156 Å². The summed E-state index contributed by atoms with van der Waals surface area (Å²) in [6, 6.07) is 3.18. The summed E-state index contributed by atoms with van der Waals surface area (Å²) >= 11 is 0. The molecule has 1 saturated heterocycles. The molecule has 0 saturated carbocycles. The van der Waals surface area contributed by atoms with E-state index in [1.54, 1.807) is 32.9 Å². The van der Waals surface area contributed by atoms with E-state index in [-0.39, 0.29) is 56.1 Å². The summed E-state index contributed by atoms with van der Waals surface area (Å²) in [4.78, 5) is 30.2. The van der Waals surface area contributed by atoms with Gasteiger partial charge in [-0.15, -0.1) is 0 Å². The van der Waals surface area contributed by atoms with Crippen molar-refractivity contribution < 1.29 is 36.8 Å². The molecule has 2 aliphatic heterocycles. The molecule has 0 aromatic carbocycles. The fraction of sp³-hybridized carbons (Fsp3) is 0.632. The van der Waals surface area contributed by atoms with Crippen molar-refractivity contribution in [1.29, 1.82) is 0 Å². The summed E-state index contributed by atoms with van der Waals surface area (Å²) in [5, 5.41) is 15.9. The van der Waals surface area contributed by atoms with Crippen molar-refractivity contribution in [2.24, 2.45) is 0 Å². The molecule has 1 fully saturated rings. The number of carbonyl (C=O) groups is 2. The number of nitrogens with one attached hydrogen (secondary N) is 2. The van der Waals surface area contributed by atoms with Crippen LogP contribution in [0.5, 0.6) is 5.75 Å². The monoisotopic (exact) mass is 472 g/mol. The molecular weight excluding hydrogens is 444 g/mol. The van der Waals surface area contributed by atoms with Crippen LogP contribution in [0.15, 0.2) is 12.1 Å². The number of aliphatic hydroxyl groups excluding tert-OH is 1. The van der Waals surface area contributed by atoms with E-state index in [2.05, 4.69) is 15.6 Å². The third kappa shape index (κ3) is 6.36. The van der Waals surface area contributed by atoms with Gasteiger partial charge in [-0.05, 0) is 39.3 Å². The van der Waals surface area contributed by atoms with Gasteiger partial charge in [0.05, 0.1) is 24.0 Å². The van der Waals surface area contributed by atoms with Gasteiger partial charge < -0.3 is 19.9 Å². The predicted octanol–water partition coefficient (Wildman–Crippen LogP) is -0.0651. The van der Waals surface area contributed by atoms with Crippen molar-refractivity contribution in [1.82, 2.24) is 10.3 Å². The van der Waals surface area contributed by atoms with Gasteiger partial charge in [0.25, 0.3) is 16.0 Å². The summed E-state index contributed by atoms with van der Waals surface area (Å²) in [6.45, 7) is 5.03. The zero-order valence-corrected chi connectivity index (χ0v) is 19.2. The number of aromatic nitrogens is 1. The Morgan fingerprint density at radius 1 is 1.38 bits per heavy atom. The number of ether oxygens (including phenoxy) is 2. The molecule has 12 nitrogen and oxygen atoms in total. The normalized spacial score (nSPS) is 22.3. The van der Waals surface area contributed by atoms with E-state index in [9.17, 15) is 23.1 Å². The molecule has 2 amide bonds. The van der Waals surface area contributed by atoms with Crippen LogP contribution in [0.2, 0.25) is 0 Å². The first kappa shape index (κ1) is 24.3. The third-order valence-electron chi connectivity index (χ3n) is 4.76. The lowest BCUT2D eigenvalue weighted by Gasteiger charge is -2.34. The summed E-state index contributed by atoms with van der Waals surface area (Å²) in [7, 11) is -3.68. The number of anilines is 2. The Morgan fingerprint density at radius 2 is 2.09 bits per heavy atom. The highest BCUT2D eigenvalue weighted by Crippen LogP contribution is 2.34. The molecule has 2 unspecified atom stereocenters. The van der Waals surface area contributed by atoms with Gasteiger partial charge in [0, 0.05) is 13.0 Å². The van der Waals surface area contributed by atoms with Gasteiger partial charge in [0.1, 0.15) is 5.82 Å². The van der Waals surface area contributed by atoms with Gasteiger partial charge in [-0.2, -0.15) is 8.42 Å². The van der Waals surface area contributed by atoms with Crippen LogP contribution in [0.25, 0.3) is 0 Å². The van der Waals surface area contributed by atoms with Gasteiger partial charge in [0.15, 0.2) is 18.2 Å². The Labute approximate surface area is 186 Å². The Morgan fingerprint density at radius 3 is 2.75 bits per heavy atom. The number of fused-ring (bicyclic) bond motifs is 1. The van der Waals surface area contributed by atoms with Gasteiger partial charge in [-0.25, -0.2) is 4.98 Å². The summed E-state index contributed by atoms with van der Waals surface area (Å²) < 4.78 is 38.4. The van der Waals surface area contributed by atoms with Crippen molar-refractivity contribution in [3.05, 3.63) is 12.1 Å². The van der Waals surface area contributed by atoms with Gasteiger partial charge in [-0.1, -0.05) is 0 Å². The second-order valence-corrected chi connectivity index (χ2v) is 10.4. The maximum atomic E-state index is 12.9. The Kier molecular flexibility index (Phi) is 6.77. The first-order chi connectivity index (χ1) is 14.8. The van der Waals surface area contributed by atoms with Crippen molar-refractivity contribution in [2.75, 3.05) is 36.2 Å². The average Bonchev–Trinajstić information content (AvgIpc) is 2.94. The van der Waals surface area contributed by atoms with Gasteiger partial charge in [0.2, 0.25) is 12.3 Å². The number of hydrogen-bond donors (Lipinski definition) is 3. The lowest BCUT2D eigenvalue weighted by atomic mass is 9.94. The summed E-state index contributed by atoms with van der Waals surface area (Å²) in [5.41, 5.74) is -1.72. The van der Waals surface area contributed by atoms with E-state index in [0.29, 0.717) is 5.75 Å². The van der Waals surface area contributed by atoms with E-state index in [0.717, 1.165) is 6.26 Å². The number of carbonyl (C=O) groups excluding carboxylic acids is 2. The maximum Gasteiger partial charge on any atom is 0.264 e. The minimum Gasteiger partial charge on any atom is -0.480 e. The fourth-order valence-corrected chi connectivity index (χ4v) is 3.88. The van der Waals surface area contributed by atoms with Gasteiger partial charge >= 0.3 is 0 Å². The molecule has 0 spiro atoms. The van der Waals surface area contributed by atoms with E-state index in [1.165, 1.54) is 4.90 Å². The second-order valence-electron chi connectivity index (χ2n) is 8.79. The number of pyridine rings is 1. The van der Waals surface area contributed by atoms with Crippen molar-refractivity contribution in [3.63, 3.8) is 0 Å². The first-order valence-electron chi connectivity index (χ1n) is 9.97. The Bertz CT molecular complexity index is 994. The SMILES string of the molecule is CC(C)(C)OC(O)NC1(CCOS(C)(=O)=O)CC(=O)N(c2ccc3c(n2)NC(=O)CO3)C1. The van der Waals surface area contributed by atoms with Crippen LogP contribution in [0.1, 0.15) is 33.6 Å². The van der Waals surface area contributed by atoms with E-state index < -0.39 is 27.7 Å². The largest absolute Gasteiger partial charge is 0.480 e. The zero-order valence-electron chi connectivity index (χ0n) is 18.4. The molecule has 2 aliphatic rings. The molecule has 0 aliphatic carbocycles. The number of hydrogen-bond acceptors (Lipinski definition) is 10. The van der Waals surface area contributed by atoms with Crippen molar-refractivity contribution in [2.45, 2.75) is 51.2 Å². The standard InChI is InChI=1S/C19H28N4O8S/c1-18(2,3)31-17(26)22-19(7-8-30-32(4,27)28)9-15(25)23(11-19)13-6-5-12-16(20-13)21-14(24)10-29-12/h5-6,17,22,26H,7-11H2,1-4H3,(H,20,21,24). The number of aliphatic hydroxyl groups is 1. The maximum absolute atomic E-state index is 12.9.